The van der Waals surface area contributed by atoms with Gasteiger partial charge in [0.1, 0.15) is 0 Å². The molecule has 0 spiro atoms. The number of ether oxygens (including phenoxy) is 1. The maximum absolute atomic E-state index is 11.8. The van der Waals surface area contributed by atoms with E-state index in [1.807, 2.05) is 13.8 Å². The summed E-state index contributed by atoms with van der Waals surface area (Å²) in [5.41, 5.74) is -0.347. The molecule has 1 amide bonds. The average Bonchev–Trinajstić information content (AvgIpc) is 2.38. The minimum absolute atomic E-state index is 0.0180. The van der Waals surface area contributed by atoms with E-state index < -0.39 is 12.1 Å². The van der Waals surface area contributed by atoms with Gasteiger partial charge in [0.2, 0.25) is 0 Å². The zero-order valence-electron chi connectivity index (χ0n) is 12.0. The van der Waals surface area contributed by atoms with Gasteiger partial charge in [0.15, 0.2) is 11.8 Å². The van der Waals surface area contributed by atoms with Gasteiger partial charge in [0, 0.05) is 19.7 Å². The minimum atomic E-state index is -0.916. The van der Waals surface area contributed by atoms with E-state index in [0.29, 0.717) is 12.5 Å². The van der Waals surface area contributed by atoms with Crippen molar-refractivity contribution < 1.29 is 14.3 Å². The number of aromatic nitrogens is 2. The van der Waals surface area contributed by atoms with Crippen LogP contribution in [0.15, 0.2) is 16.9 Å². The molecule has 20 heavy (non-hydrogen) atoms. The molecule has 0 aliphatic rings. The van der Waals surface area contributed by atoms with E-state index >= 15 is 0 Å². The number of amides is 1. The fourth-order valence-corrected chi connectivity index (χ4v) is 1.33. The van der Waals surface area contributed by atoms with Crippen molar-refractivity contribution >= 4 is 11.9 Å². The van der Waals surface area contributed by atoms with Gasteiger partial charge < -0.3 is 10.1 Å². The Morgan fingerprint density at radius 1 is 1.35 bits per heavy atom. The smallest absolute Gasteiger partial charge is 0.359 e. The monoisotopic (exact) mass is 281 g/mol. The third-order valence-electron chi connectivity index (χ3n) is 2.51. The second-order valence-electron chi connectivity index (χ2n) is 4.87. The molecule has 0 aliphatic heterocycles. The highest BCUT2D eigenvalue weighted by Gasteiger charge is 2.20. The van der Waals surface area contributed by atoms with Crippen LogP contribution in [0.3, 0.4) is 0 Å². The SMILES string of the molecule is CC(C)CNC(=O)C(C)OC(=O)c1ccc(=O)n(C)n1. The largest absolute Gasteiger partial charge is 0.448 e. The van der Waals surface area contributed by atoms with Crippen molar-refractivity contribution in [2.75, 3.05) is 6.54 Å². The zero-order valence-corrected chi connectivity index (χ0v) is 12.0. The molecule has 0 saturated heterocycles. The maximum atomic E-state index is 11.8. The lowest BCUT2D eigenvalue weighted by atomic mass is 10.2. The standard InChI is InChI=1S/C13H19N3O4/c1-8(2)7-14-12(18)9(3)20-13(19)10-5-6-11(17)16(4)15-10/h5-6,8-9H,7H2,1-4H3,(H,14,18). The highest BCUT2D eigenvalue weighted by atomic mass is 16.5. The van der Waals surface area contributed by atoms with Gasteiger partial charge in [-0.15, -0.1) is 0 Å². The third kappa shape index (κ3) is 4.49. The van der Waals surface area contributed by atoms with Crippen molar-refractivity contribution in [3.8, 4) is 0 Å². The number of rotatable bonds is 5. The summed E-state index contributed by atoms with van der Waals surface area (Å²) < 4.78 is 6.02. The third-order valence-corrected chi connectivity index (χ3v) is 2.51. The van der Waals surface area contributed by atoms with E-state index in [2.05, 4.69) is 10.4 Å². The predicted octanol–water partition coefficient (Wildman–Crippen LogP) is 0.0978. The molecule has 0 aromatic carbocycles. The number of hydrogen-bond acceptors (Lipinski definition) is 5. The van der Waals surface area contributed by atoms with Crippen molar-refractivity contribution in [3.63, 3.8) is 0 Å². The number of nitrogens with one attached hydrogen (secondary N) is 1. The zero-order chi connectivity index (χ0) is 15.3. The summed E-state index contributed by atoms with van der Waals surface area (Å²) in [6.45, 7) is 5.92. The van der Waals surface area contributed by atoms with Crippen LogP contribution in [0.1, 0.15) is 31.3 Å². The maximum Gasteiger partial charge on any atom is 0.359 e. The quantitative estimate of drug-likeness (QED) is 0.773. The normalized spacial score (nSPS) is 12.1. The lowest BCUT2D eigenvalue weighted by Crippen LogP contribution is -2.38. The van der Waals surface area contributed by atoms with Crippen LogP contribution >= 0.6 is 0 Å². The summed E-state index contributed by atoms with van der Waals surface area (Å²) in [4.78, 5) is 34.6. The molecule has 7 nitrogen and oxygen atoms in total. The van der Waals surface area contributed by atoms with Crippen molar-refractivity contribution in [1.82, 2.24) is 15.1 Å². The van der Waals surface area contributed by atoms with Crippen molar-refractivity contribution in [1.29, 1.82) is 0 Å². The molecule has 1 unspecified atom stereocenters. The van der Waals surface area contributed by atoms with E-state index in [1.165, 1.54) is 26.1 Å². The Morgan fingerprint density at radius 2 is 2.00 bits per heavy atom. The van der Waals surface area contributed by atoms with Crippen LogP contribution in [-0.2, 0) is 16.6 Å². The van der Waals surface area contributed by atoms with Crippen LogP contribution < -0.4 is 10.9 Å². The van der Waals surface area contributed by atoms with Gasteiger partial charge in [-0.2, -0.15) is 5.10 Å². The topological polar surface area (TPSA) is 90.3 Å². The van der Waals surface area contributed by atoms with Gasteiger partial charge in [0.05, 0.1) is 0 Å². The van der Waals surface area contributed by atoms with Crippen molar-refractivity contribution in [3.05, 3.63) is 28.2 Å². The predicted molar refractivity (Wildman–Crippen MR) is 72.2 cm³/mol. The molecule has 1 aromatic heterocycles. The van der Waals surface area contributed by atoms with E-state index in [9.17, 15) is 14.4 Å². The van der Waals surface area contributed by atoms with E-state index in [-0.39, 0.29) is 17.2 Å². The van der Waals surface area contributed by atoms with Crippen LogP contribution in [0.25, 0.3) is 0 Å². The summed E-state index contributed by atoms with van der Waals surface area (Å²) in [6, 6.07) is 2.48. The lowest BCUT2D eigenvalue weighted by molar-refractivity contribution is -0.129. The Kier molecular flexibility index (Phi) is 5.42. The molecule has 110 valence electrons. The summed E-state index contributed by atoms with van der Waals surface area (Å²) in [6.07, 6.45) is -0.916. The first-order chi connectivity index (χ1) is 9.31. The minimum Gasteiger partial charge on any atom is -0.448 e. The summed E-state index contributed by atoms with van der Waals surface area (Å²) in [5, 5.41) is 6.42. The molecule has 0 fully saturated rings. The van der Waals surface area contributed by atoms with Gasteiger partial charge in [-0.25, -0.2) is 9.48 Å². The fraction of sp³-hybridized carbons (Fsp3) is 0.538. The highest BCUT2D eigenvalue weighted by molar-refractivity contribution is 5.90. The molecule has 0 aliphatic carbocycles. The highest BCUT2D eigenvalue weighted by Crippen LogP contribution is 2.00. The molecule has 7 heteroatoms. The molecular formula is C13H19N3O4. The van der Waals surface area contributed by atoms with Gasteiger partial charge in [-0.3, -0.25) is 9.59 Å². The molecule has 1 N–H and O–H groups in total. The van der Waals surface area contributed by atoms with Gasteiger partial charge >= 0.3 is 5.97 Å². The van der Waals surface area contributed by atoms with Crippen LogP contribution in [0, 0.1) is 5.92 Å². The van der Waals surface area contributed by atoms with Gasteiger partial charge in [-0.05, 0) is 18.9 Å². The number of hydrogen-bond donors (Lipinski definition) is 1. The Hall–Kier alpha value is -2.18. The van der Waals surface area contributed by atoms with E-state index in [0.717, 1.165) is 4.68 Å². The van der Waals surface area contributed by atoms with Crippen LogP contribution in [0.4, 0.5) is 0 Å². The van der Waals surface area contributed by atoms with E-state index in [4.69, 9.17) is 4.74 Å². The Bertz CT molecular complexity index is 551. The number of carbonyl (C=O) groups excluding carboxylic acids is 2. The number of nitrogens with zero attached hydrogens (tertiary/aromatic N) is 2. The summed E-state index contributed by atoms with van der Waals surface area (Å²) >= 11 is 0. The summed E-state index contributed by atoms with van der Waals surface area (Å²) in [7, 11) is 1.43. The number of aryl methyl sites for hydroxylation is 1. The number of carbonyl (C=O) groups is 2. The molecule has 1 atom stereocenters. The van der Waals surface area contributed by atoms with Gasteiger partial charge in [-0.1, -0.05) is 13.8 Å². The first-order valence-corrected chi connectivity index (χ1v) is 6.34. The first kappa shape index (κ1) is 15.9. The summed E-state index contributed by atoms with van der Waals surface area (Å²) in [5.74, 6) is -0.795. The average molecular weight is 281 g/mol. The molecule has 0 saturated carbocycles. The fourth-order valence-electron chi connectivity index (χ4n) is 1.33. The number of esters is 1. The lowest BCUT2D eigenvalue weighted by Gasteiger charge is -2.14. The van der Waals surface area contributed by atoms with Crippen LogP contribution in [-0.4, -0.2) is 34.3 Å². The van der Waals surface area contributed by atoms with Gasteiger partial charge in [0.25, 0.3) is 11.5 Å². The van der Waals surface area contributed by atoms with E-state index in [1.54, 1.807) is 0 Å². The Balaban J connectivity index is 2.63. The first-order valence-electron chi connectivity index (χ1n) is 6.34. The van der Waals surface area contributed by atoms with Crippen molar-refractivity contribution in [2.24, 2.45) is 13.0 Å². The van der Waals surface area contributed by atoms with Crippen LogP contribution in [0.2, 0.25) is 0 Å². The second kappa shape index (κ2) is 6.83. The molecule has 1 rings (SSSR count). The second-order valence-corrected chi connectivity index (χ2v) is 4.87. The molecular weight excluding hydrogens is 262 g/mol. The van der Waals surface area contributed by atoms with Crippen molar-refractivity contribution in [2.45, 2.75) is 26.9 Å². The van der Waals surface area contributed by atoms with Crippen LogP contribution in [0.5, 0.6) is 0 Å². The molecule has 1 heterocycles. The Morgan fingerprint density at radius 3 is 2.55 bits per heavy atom. The molecule has 1 aromatic rings. The molecule has 0 radical (unpaired) electrons. The Labute approximate surface area is 116 Å². The molecule has 0 bridgehead atoms.